The van der Waals surface area contributed by atoms with Crippen LogP contribution < -0.4 is 0 Å². The van der Waals surface area contributed by atoms with Gasteiger partial charge in [-0.05, 0) is 42.5 Å². The summed E-state index contributed by atoms with van der Waals surface area (Å²) in [7, 11) is 4.95. The lowest BCUT2D eigenvalue weighted by atomic mass is 10.1. The Balaban J connectivity index is 2.34. The standard InChI is InChI=1S/C23H37N3O4S2/c1-24-9-11-25(20(7-13-31)22(27)29-2)16-18-5-4-6-19(15-18)17-26(12-10-24)21(8-14-32)23(28)30-3/h4-6,15,20-21,31-32H,7-14,16-17H2,1-3H3. The summed E-state index contributed by atoms with van der Waals surface area (Å²) in [5.41, 5.74) is 2.25. The number of likely N-dealkylation sites (N-methyl/N-ethyl adjacent to an activating group) is 1. The molecule has 0 radical (unpaired) electrons. The molecule has 1 heterocycles. The predicted octanol–water partition coefficient (Wildman–Crippen LogP) is 1.96. The van der Waals surface area contributed by atoms with E-state index >= 15 is 0 Å². The highest BCUT2D eigenvalue weighted by atomic mass is 32.1. The molecule has 0 amide bonds. The third-order valence-corrected chi connectivity index (χ3v) is 6.45. The van der Waals surface area contributed by atoms with Gasteiger partial charge in [0.25, 0.3) is 0 Å². The van der Waals surface area contributed by atoms with Gasteiger partial charge in [0, 0.05) is 39.3 Å². The van der Waals surface area contributed by atoms with Crippen molar-refractivity contribution in [2.24, 2.45) is 0 Å². The highest BCUT2D eigenvalue weighted by molar-refractivity contribution is 7.80. The summed E-state index contributed by atoms with van der Waals surface area (Å²) in [6, 6.07) is 7.71. The number of ether oxygens (including phenoxy) is 2. The fourth-order valence-electron chi connectivity index (χ4n) is 4.11. The third kappa shape index (κ3) is 7.95. The summed E-state index contributed by atoms with van der Waals surface area (Å²) in [6.45, 7) is 4.33. The Morgan fingerprint density at radius 2 is 1.31 bits per heavy atom. The Bertz CT molecular complexity index is 682. The van der Waals surface area contributed by atoms with Crippen LogP contribution in [-0.2, 0) is 32.2 Å². The number of methoxy groups -OCH3 is 2. The Morgan fingerprint density at radius 3 is 1.69 bits per heavy atom. The number of esters is 2. The third-order valence-electron chi connectivity index (χ3n) is 5.93. The molecule has 1 aliphatic heterocycles. The van der Waals surface area contributed by atoms with E-state index in [0.717, 1.165) is 37.3 Å². The SMILES string of the molecule is COC(=O)C(CCS)N1CCN(C)CCN(C(CCS)C(=O)OC)Cc2cccc(c2)C1. The highest BCUT2D eigenvalue weighted by Crippen LogP contribution is 2.19. The molecule has 7 nitrogen and oxygen atoms in total. The Morgan fingerprint density at radius 1 is 0.875 bits per heavy atom. The lowest BCUT2D eigenvalue weighted by molar-refractivity contribution is -0.148. The van der Waals surface area contributed by atoms with Gasteiger partial charge < -0.3 is 14.4 Å². The number of benzene rings is 1. The number of thiol groups is 2. The topological polar surface area (TPSA) is 62.3 Å². The average Bonchev–Trinajstić information content (AvgIpc) is 2.80. The van der Waals surface area contributed by atoms with E-state index in [2.05, 4.69) is 65.2 Å². The van der Waals surface area contributed by atoms with Gasteiger partial charge in [-0.2, -0.15) is 25.3 Å². The first kappa shape index (κ1) is 27.0. The van der Waals surface area contributed by atoms with Crippen molar-refractivity contribution in [3.63, 3.8) is 0 Å². The smallest absolute Gasteiger partial charge is 0.323 e. The maximum absolute atomic E-state index is 12.5. The second-order valence-electron chi connectivity index (χ2n) is 8.17. The Hall–Kier alpha value is -1.26. The molecule has 32 heavy (non-hydrogen) atoms. The molecule has 0 aliphatic carbocycles. The number of carbonyl (C=O) groups excluding carboxylic acids is 2. The molecule has 0 aromatic heterocycles. The van der Waals surface area contributed by atoms with Crippen molar-refractivity contribution < 1.29 is 19.1 Å². The van der Waals surface area contributed by atoms with Gasteiger partial charge in [0.1, 0.15) is 12.1 Å². The lowest BCUT2D eigenvalue weighted by Crippen LogP contribution is -2.48. The van der Waals surface area contributed by atoms with Gasteiger partial charge in [-0.25, -0.2) is 0 Å². The van der Waals surface area contributed by atoms with Crippen LogP contribution in [-0.4, -0.2) is 97.7 Å². The van der Waals surface area contributed by atoms with Crippen molar-refractivity contribution in [3.8, 4) is 0 Å². The fourth-order valence-corrected chi connectivity index (χ4v) is 4.60. The molecule has 1 aromatic carbocycles. The molecule has 2 unspecified atom stereocenters. The largest absolute Gasteiger partial charge is 0.468 e. The van der Waals surface area contributed by atoms with Crippen LogP contribution in [0.3, 0.4) is 0 Å². The maximum atomic E-state index is 12.5. The molecule has 0 saturated carbocycles. The second-order valence-corrected chi connectivity index (χ2v) is 9.06. The van der Waals surface area contributed by atoms with Crippen molar-refractivity contribution >= 4 is 37.2 Å². The van der Waals surface area contributed by atoms with E-state index in [-0.39, 0.29) is 24.0 Å². The molecule has 2 rings (SSSR count). The quantitative estimate of drug-likeness (QED) is 0.433. The second kappa shape index (κ2) is 14.1. The molecule has 180 valence electrons. The minimum Gasteiger partial charge on any atom is -0.468 e. The van der Waals surface area contributed by atoms with E-state index in [1.807, 2.05) is 6.07 Å². The van der Waals surface area contributed by atoms with Gasteiger partial charge in [-0.3, -0.25) is 19.4 Å². The van der Waals surface area contributed by atoms with Gasteiger partial charge >= 0.3 is 11.9 Å². The zero-order valence-corrected chi connectivity index (χ0v) is 21.2. The van der Waals surface area contributed by atoms with Crippen LogP contribution in [0.15, 0.2) is 24.3 Å². The summed E-state index contributed by atoms with van der Waals surface area (Å²) in [5, 5.41) is 0. The first-order valence-corrected chi connectivity index (χ1v) is 12.3. The van der Waals surface area contributed by atoms with Gasteiger partial charge in [0.05, 0.1) is 14.2 Å². The summed E-state index contributed by atoms with van der Waals surface area (Å²) in [4.78, 5) is 31.6. The number of nitrogens with zero attached hydrogens (tertiary/aromatic N) is 3. The van der Waals surface area contributed by atoms with Crippen molar-refractivity contribution in [3.05, 3.63) is 35.4 Å². The van der Waals surface area contributed by atoms with E-state index in [4.69, 9.17) is 9.47 Å². The minimum absolute atomic E-state index is 0.219. The van der Waals surface area contributed by atoms with Crippen molar-refractivity contribution in [2.45, 2.75) is 38.0 Å². The van der Waals surface area contributed by atoms with Gasteiger partial charge in [0.2, 0.25) is 0 Å². The molecule has 2 atom stereocenters. The summed E-state index contributed by atoms with van der Waals surface area (Å²) in [5.74, 6) is 0.787. The molecule has 0 N–H and O–H groups in total. The first-order valence-electron chi connectivity index (χ1n) is 11.0. The number of hydrogen-bond donors (Lipinski definition) is 2. The predicted molar refractivity (Wildman–Crippen MR) is 133 cm³/mol. The molecule has 2 bridgehead atoms. The number of fused-ring (bicyclic) bond motifs is 2. The van der Waals surface area contributed by atoms with Gasteiger partial charge in [-0.1, -0.05) is 24.3 Å². The van der Waals surface area contributed by atoms with Gasteiger partial charge in [-0.15, -0.1) is 0 Å². The number of carbonyl (C=O) groups is 2. The molecular formula is C23H37N3O4S2. The average molecular weight is 484 g/mol. The van der Waals surface area contributed by atoms with E-state index in [0.29, 0.717) is 37.4 Å². The molecule has 1 aliphatic rings. The Kier molecular flexibility index (Phi) is 11.9. The number of rotatable bonds is 8. The Labute approximate surface area is 203 Å². The zero-order valence-electron chi connectivity index (χ0n) is 19.4. The van der Waals surface area contributed by atoms with Crippen molar-refractivity contribution in [2.75, 3.05) is 59.0 Å². The van der Waals surface area contributed by atoms with Crippen LogP contribution in [0.2, 0.25) is 0 Å². The molecule has 0 saturated heterocycles. The highest BCUT2D eigenvalue weighted by Gasteiger charge is 2.29. The molecular weight excluding hydrogens is 446 g/mol. The van der Waals surface area contributed by atoms with Crippen LogP contribution >= 0.6 is 25.3 Å². The number of hydrogen-bond acceptors (Lipinski definition) is 9. The normalized spacial score (nSPS) is 18.8. The van der Waals surface area contributed by atoms with Crippen LogP contribution in [0, 0.1) is 0 Å². The minimum atomic E-state index is -0.326. The fraction of sp³-hybridized carbons (Fsp3) is 0.652. The maximum Gasteiger partial charge on any atom is 0.323 e. The molecule has 1 aromatic rings. The van der Waals surface area contributed by atoms with Crippen LogP contribution in [0.1, 0.15) is 24.0 Å². The lowest BCUT2D eigenvalue weighted by Gasteiger charge is -2.34. The van der Waals surface area contributed by atoms with Crippen LogP contribution in [0.25, 0.3) is 0 Å². The first-order chi connectivity index (χ1) is 15.4. The van der Waals surface area contributed by atoms with Gasteiger partial charge in [0.15, 0.2) is 0 Å². The summed E-state index contributed by atoms with van der Waals surface area (Å²) >= 11 is 8.72. The molecule has 9 heteroatoms. The summed E-state index contributed by atoms with van der Waals surface area (Å²) < 4.78 is 10.2. The van der Waals surface area contributed by atoms with Crippen molar-refractivity contribution in [1.82, 2.24) is 14.7 Å². The monoisotopic (exact) mass is 483 g/mol. The zero-order chi connectivity index (χ0) is 23.5. The van der Waals surface area contributed by atoms with E-state index in [1.54, 1.807) is 0 Å². The van der Waals surface area contributed by atoms with Crippen LogP contribution in [0.4, 0.5) is 0 Å². The molecule has 0 fully saturated rings. The van der Waals surface area contributed by atoms with Crippen LogP contribution in [0.5, 0.6) is 0 Å². The van der Waals surface area contributed by atoms with E-state index < -0.39 is 0 Å². The van der Waals surface area contributed by atoms with Crippen molar-refractivity contribution in [1.29, 1.82) is 0 Å². The molecule has 0 spiro atoms. The summed E-state index contributed by atoms with van der Waals surface area (Å²) in [6.07, 6.45) is 1.27. The van der Waals surface area contributed by atoms with E-state index in [1.165, 1.54) is 14.2 Å². The van der Waals surface area contributed by atoms with E-state index in [9.17, 15) is 9.59 Å².